The Bertz CT molecular complexity index is 1070. The van der Waals surface area contributed by atoms with E-state index in [1.165, 1.54) is 0 Å². The molecule has 2 aromatic carbocycles. The Morgan fingerprint density at radius 3 is 2.76 bits per heavy atom. The number of hydrogen-bond acceptors (Lipinski definition) is 4. The standard InChI is InChI=1S/C22H23N5O2/c28-21(23-17-8-9-17)22(29)26-11-10-15(13-26)12-18-14-27(25-24-18)20-7-3-5-16-4-1-2-6-19(16)20/h1-7,14-15,17H,8-13H2,(H,23,28). The third kappa shape index (κ3) is 3.72. The molecule has 148 valence electrons. The highest BCUT2D eigenvalue weighted by molar-refractivity contribution is 6.35. The van der Waals surface area contributed by atoms with Crippen LogP contribution in [-0.4, -0.2) is 50.8 Å². The van der Waals surface area contributed by atoms with Crippen molar-refractivity contribution in [2.45, 2.75) is 31.7 Å². The number of nitrogens with one attached hydrogen (secondary N) is 1. The predicted molar refractivity (Wildman–Crippen MR) is 108 cm³/mol. The Morgan fingerprint density at radius 2 is 1.90 bits per heavy atom. The van der Waals surface area contributed by atoms with E-state index in [0.717, 1.165) is 47.8 Å². The van der Waals surface area contributed by atoms with Gasteiger partial charge in [0.2, 0.25) is 0 Å². The molecule has 1 unspecified atom stereocenters. The predicted octanol–water partition coefficient (Wildman–Crippen LogP) is 2.09. The summed E-state index contributed by atoms with van der Waals surface area (Å²) in [6.07, 6.45) is 5.55. The molecule has 2 amide bonds. The lowest BCUT2D eigenvalue weighted by Gasteiger charge is -2.15. The monoisotopic (exact) mass is 389 g/mol. The second-order valence-electron chi connectivity index (χ2n) is 8.01. The van der Waals surface area contributed by atoms with Crippen LogP contribution in [0.2, 0.25) is 0 Å². The summed E-state index contributed by atoms with van der Waals surface area (Å²) in [5, 5.41) is 13.7. The number of hydrogen-bond donors (Lipinski definition) is 1. The van der Waals surface area contributed by atoms with Crippen LogP contribution in [0.1, 0.15) is 25.0 Å². The number of amides is 2. The highest BCUT2D eigenvalue weighted by Crippen LogP contribution is 2.24. The van der Waals surface area contributed by atoms with Gasteiger partial charge in [-0.05, 0) is 43.1 Å². The smallest absolute Gasteiger partial charge is 0.311 e. The number of nitrogens with zero attached hydrogens (tertiary/aromatic N) is 4. The van der Waals surface area contributed by atoms with Crippen LogP contribution in [0.5, 0.6) is 0 Å². The molecule has 2 aliphatic rings. The molecule has 2 fully saturated rings. The van der Waals surface area contributed by atoms with Crippen LogP contribution in [-0.2, 0) is 16.0 Å². The SMILES string of the molecule is O=C(NC1CC1)C(=O)N1CCC(Cc2cn(-c3cccc4ccccc34)nn2)C1. The van der Waals surface area contributed by atoms with Gasteiger partial charge < -0.3 is 10.2 Å². The van der Waals surface area contributed by atoms with Crippen molar-refractivity contribution in [2.75, 3.05) is 13.1 Å². The summed E-state index contributed by atoms with van der Waals surface area (Å²) < 4.78 is 1.82. The van der Waals surface area contributed by atoms with Gasteiger partial charge in [0.1, 0.15) is 0 Å². The number of rotatable bonds is 4. The summed E-state index contributed by atoms with van der Waals surface area (Å²) in [5.41, 5.74) is 1.90. The van der Waals surface area contributed by atoms with E-state index in [9.17, 15) is 9.59 Å². The minimum Gasteiger partial charge on any atom is -0.345 e. The maximum absolute atomic E-state index is 12.3. The van der Waals surface area contributed by atoms with Gasteiger partial charge in [-0.3, -0.25) is 9.59 Å². The molecular formula is C22H23N5O2. The minimum absolute atomic E-state index is 0.203. The average Bonchev–Trinajstić information content (AvgIpc) is 3.24. The highest BCUT2D eigenvalue weighted by atomic mass is 16.2. The zero-order valence-corrected chi connectivity index (χ0v) is 16.1. The first-order valence-corrected chi connectivity index (χ1v) is 10.2. The lowest BCUT2D eigenvalue weighted by atomic mass is 10.0. The summed E-state index contributed by atoms with van der Waals surface area (Å²) in [6, 6.07) is 14.6. The average molecular weight is 389 g/mol. The third-order valence-corrected chi connectivity index (χ3v) is 5.73. The first kappa shape index (κ1) is 17.8. The second kappa shape index (κ2) is 7.31. The molecule has 5 rings (SSSR count). The number of carbonyl (C=O) groups is 2. The first-order valence-electron chi connectivity index (χ1n) is 10.2. The van der Waals surface area contributed by atoms with Crippen molar-refractivity contribution in [3.05, 3.63) is 54.4 Å². The molecule has 7 nitrogen and oxygen atoms in total. The Morgan fingerprint density at radius 1 is 1.07 bits per heavy atom. The zero-order chi connectivity index (χ0) is 19.8. The van der Waals surface area contributed by atoms with Crippen LogP contribution in [0.4, 0.5) is 0 Å². The fourth-order valence-electron chi connectivity index (χ4n) is 4.02. The molecule has 1 atom stereocenters. The van der Waals surface area contributed by atoms with Gasteiger partial charge in [-0.1, -0.05) is 41.6 Å². The zero-order valence-electron chi connectivity index (χ0n) is 16.1. The summed E-state index contributed by atoms with van der Waals surface area (Å²) in [7, 11) is 0. The van der Waals surface area contributed by atoms with Crippen molar-refractivity contribution in [1.82, 2.24) is 25.2 Å². The van der Waals surface area contributed by atoms with Gasteiger partial charge in [-0.25, -0.2) is 4.68 Å². The van der Waals surface area contributed by atoms with Crippen LogP contribution in [0.3, 0.4) is 0 Å². The van der Waals surface area contributed by atoms with E-state index in [1.54, 1.807) is 4.90 Å². The number of aromatic nitrogens is 3. The molecule has 1 aliphatic carbocycles. The van der Waals surface area contributed by atoms with Crippen LogP contribution in [0, 0.1) is 5.92 Å². The fraction of sp³-hybridized carbons (Fsp3) is 0.364. The van der Waals surface area contributed by atoms with E-state index in [-0.39, 0.29) is 6.04 Å². The molecular weight excluding hydrogens is 366 g/mol. The lowest BCUT2D eigenvalue weighted by Crippen LogP contribution is -2.42. The molecule has 7 heteroatoms. The number of likely N-dealkylation sites (tertiary alicyclic amines) is 1. The topological polar surface area (TPSA) is 80.1 Å². The van der Waals surface area contributed by atoms with E-state index in [4.69, 9.17) is 0 Å². The van der Waals surface area contributed by atoms with Crippen LogP contribution in [0.15, 0.2) is 48.7 Å². The quantitative estimate of drug-likeness (QED) is 0.693. The first-order chi connectivity index (χ1) is 14.2. The van der Waals surface area contributed by atoms with Crippen LogP contribution < -0.4 is 5.32 Å². The Balaban J connectivity index is 1.25. The van der Waals surface area contributed by atoms with Gasteiger partial charge in [-0.2, -0.15) is 0 Å². The summed E-state index contributed by atoms with van der Waals surface area (Å²) in [5.74, 6) is -0.570. The van der Waals surface area contributed by atoms with Crippen LogP contribution >= 0.6 is 0 Å². The molecule has 1 N–H and O–H groups in total. The Hall–Kier alpha value is -3.22. The molecule has 0 radical (unpaired) electrons. The number of fused-ring (bicyclic) bond motifs is 1. The molecule has 3 aromatic rings. The van der Waals surface area contributed by atoms with Gasteiger partial charge in [0, 0.05) is 24.5 Å². The molecule has 0 bridgehead atoms. The highest BCUT2D eigenvalue weighted by Gasteiger charge is 2.33. The van der Waals surface area contributed by atoms with E-state index in [1.807, 2.05) is 35.1 Å². The van der Waals surface area contributed by atoms with Crippen molar-refractivity contribution in [1.29, 1.82) is 0 Å². The van der Waals surface area contributed by atoms with Crippen LogP contribution in [0.25, 0.3) is 16.5 Å². The Kier molecular flexibility index (Phi) is 4.50. The van der Waals surface area contributed by atoms with Gasteiger partial charge >= 0.3 is 11.8 Å². The van der Waals surface area contributed by atoms with Crippen molar-refractivity contribution in [3.63, 3.8) is 0 Å². The second-order valence-corrected chi connectivity index (χ2v) is 8.01. The van der Waals surface area contributed by atoms with Crippen molar-refractivity contribution in [3.8, 4) is 5.69 Å². The lowest BCUT2D eigenvalue weighted by molar-refractivity contribution is -0.145. The number of benzene rings is 2. The maximum atomic E-state index is 12.3. The van der Waals surface area contributed by atoms with Gasteiger partial charge in [0.25, 0.3) is 0 Å². The summed E-state index contributed by atoms with van der Waals surface area (Å²) in [6.45, 7) is 1.22. The minimum atomic E-state index is -0.463. The Labute approximate surface area is 168 Å². The van der Waals surface area contributed by atoms with Crippen molar-refractivity contribution in [2.24, 2.45) is 5.92 Å². The van der Waals surface area contributed by atoms with E-state index in [2.05, 4.69) is 33.8 Å². The molecule has 0 spiro atoms. The summed E-state index contributed by atoms with van der Waals surface area (Å²) >= 11 is 0. The molecule has 29 heavy (non-hydrogen) atoms. The molecule has 1 aromatic heterocycles. The summed E-state index contributed by atoms with van der Waals surface area (Å²) in [4.78, 5) is 26.0. The van der Waals surface area contributed by atoms with Crippen molar-refractivity contribution < 1.29 is 9.59 Å². The maximum Gasteiger partial charge on any atom is 0.311 e. The molecule has 1 aliphatic heterocycles. The normalized spacial score (nSPS) is 18.9. The van der Waals surface area contributed by atoms with Gasteiger partial charge in [0.15, 0.2) is 0 Å². The van der Waals surface area contributed by atoms with Crippen molar-refractivity contribution >= 4 is 22.6 Å². The van der Waals surface area contributed by atoms with E-state index in [0.29, 0.717) is 19.0 Å². The van der Waals surface area contributed by atoms with Gasteiger partial charge in [0.05, 0.1) is 17.6 Å². The van der Waals surface area contributed by atoms with E-state index < -0.39 is 11.8 Å². The molecule has 1 saturated heterocycles. The van der Waals surface area contributed by atoms with Gasteiger partial charge in [-0.15, -0.1) is 5.10 Å². The number of carbonyl (C=O) groups excluding carboxylic acids is 2. The molecule has 2 heterocycles. The van der Waals surface area contributed by atoms with E-state index >= 15 is 0 Å². The fourth-order valence-corrected chi connectivity index (χ4v) is 4.02. The third-order valence-electron chi connectivity index (χ3n) is 5.73. The molecule has 1 saturated carbocycles. The largest absolute Gasteiger partial charge is 0.345 e.